The summed E-state index contributed by atoms with van der Waals surface area (Å²) < 4.78 is 10.9. The first-order valence-electron chi connectivity index (χ1n) is 6.18. The summed E-state index contributed by atoms with van der Waals surface area (Å²) in [5.74, 6) is 1.26. The van der Waals surface area contributed by atoms with Crippen LogP contribution in [0.1, 0.15) is 5.56 Å². The zero-order valence-electron chi connectivity index (χ0n) is 11.0. The van der Waals surface area contributed by atoms with Gasteiger partial charge < -0.3 is 9.47 Å². The van der Waals surface area contributed by atoms with Crippen LogP contribution in [-0.2, 0) is 6.61 Å². The molecule has 3 aromatic heterocycles. The van der Waals surface area contributed by atoms with Gasteiger partial charge in [-0.15, -0.1) is 0 Å². The Hall–Kier alpha value is -2.69. The predicted octanol–water partition coefficient (Wildman–Crippen LogP) is 2.61. The van der Waals surface area contributed by atoms with Gasteiger partial charge in [0.25, 0.3) is 0 Å². The molecule has 3 aromatic rings. The van der Waals surface area contributed by atoms with Crippen molar-refractivity contribution in [3.63, 3.8) is 0 Å². The van der Waals surface area contributed by atoms with Gasteiger partial charge in [-0.3, -0.25) is 0 Å². The summed E-state index contributed by atoms with van der Waals surface area (Å²) in [6.45, 7) is 0.379. The summed E-state index contributed by atoms with van der Waals surface area (Å²) in [7, 11) is 1.59. The molecule has 100 valence electrons. The maximum atomic E-state index is 5.73. The van der Waals surface area contributed by atoms with E-state index in [4.69, 9.17) is 9.47 Å². The van der Waals surface area contributed by atoms with Gasteiger partial charge in [-0.25, -0.2) is 15.0 Å². The fourth-order valence-corrected chi connectivity index (χ4v) is 1.90. The molecule has 0 bridgehead atoms. The lowest BCUT2D eigenvalue weighted by atomic mass is 10.3. The Morgan fingerprint density at radius 3 is 2.80 bits per heavy atom. The molecule has 0 aromatic carbocycles. The minimum atomic E-state index is 0.379. The maximum absolute atomic E-state index is 5.73. The number of aromatic nitrogens is 3. The summed E-state index contributed by atoms with van der Waals surface area (Å²) in [4.78, 5) is 12.6. The van der Waals surface area contributed by atoms with E-state index in [1.165, 1.54) is 0 Å². The first-order chi connectivity index (χ1) is 9.86. The smallest absolute Gasteiger partial charge is 0.219 e. The Bertz CT molecular complexity index is 731. The third-order valence-electron chi connectivity index (χ3n) is 2.87. The summed E-state index contributed by atoms with van der Waals surface area (Å²) >= 11 is 0. The van der Waals surface area contributed by atoms with E-state index in [2.05, 4.69) is 15.0 Å². The number of rotatable bonds is 4. The molecule has 0 spiro atoms. The molecule has 0 radical (unpaired) electrons. The topological polar surface area (TPSA) is 57.1 Å². The van der Waals surface area contributed by atoms with Crippen molar-refractivity contribution in [3.05, 3.63) is 54.5 Å². The Morgan fingerprint density at radius 1 is 1.05 bits per heavy atom. The molecule has 0 saturated heterocycles. The van der Waals surface area contributed by atoms with Gasteiger partial charge in [0.15, 0.2) is 5.65 Å². The number of fused-ring (bicyclic) bond motifs is 1. The van der Waals surface area contributed by atoms with Gasteiger partial charge in [0.1, 0.15) is 12.4 Å². The summed E-state index contributed by atoms with van der Waals surface area (Å²) in [6, 6.07) is 9.51. The molecule has 0 fully saturated rings. The quantitative estimate of drug-likeness (QED) is 0.727. The molecule has 0 unspecified atom stereocenters. The second-order valence-electron chi connectivity index (χ2n) is 4.18. The molecule has 0 saturated carbocycles. The lowest BCUT2D eigenvalue weighted by Gasteiger charge is -2.09. The van der Waals surface area contributed by atoms with Crippen LogP contribution < -0.4 is 9.47 Å². The zero-order valence-corrected chi connectivity index (χ0v) is 11.0. The average molecular weight is 267 g/mol. The number of nitrogens with zero attached hydrogens (tertiary/aromatic N) is 3. The van der Waals surface area contributed by atoms with Crippen LogP contribution in [0.3, 0.4) is 0 Å². The number of ether oxygens (including phenoxy) is 2. The fourth-order valence-electron chi connectivity index (χ4n) is 1.90. The second kappa shape index (κ2) is 5.52. The van der Waals surface area contributed by atoms with Crippen LogP contribution in [0.25, 0.3) is 11.0 Å². The van der Waals surface area contributed by atoms with E-state index in [1.54, 1.807) is 25.7 Å². The van der Waals surface area contributed by atoms with E-state index in [1.807, 2.05) is 30.3 Å². The molecule has 3 rings (SSSR count). The highest BCUT2D eigenvalue weighted by molar-refractivity contribution is 5.75. The monoisotopic (exact) mass is 267 g/mol. The molecule has 0 aliphatic heterocycles. The minimum absolute atomic E-state index is 0.379. The number of hydrogen-bond acceptors (Lipinski definition) is 5. The molecular weight excluding hydrogens is 254 g/mol. The van der Waals surface area contributed by atoms with Crippen LogP contribution >= 0.6 is 0 Å². The number of hydrogen-bond donors (Lipinski definition) is 0. The molecule has 0 atom stereocenters. The van der Waals surface area contributed by atoms with Gasteiger partial charge in [0.05, 0.1) is 18.9 Å². The highest BCUT2D eigenvalue weighted by atomic mass is 16.5. The second-order valence-corrected chi connectivity index (χ2v) is 4.18. The first-order valence-corrected chi connectivity index (χ1v) is 6.18. The van der Waals surface area contributed by atoms with Crippen molar-refractivity contribution < 1.29 is 9.47 Å². The Balaban J connectivity index is 1.79. The van der Waals surface area contributed by atoms with E-state index in [9.17, 15) is 0 Å². The lowest BCUT2D eigenvalue weighted by molar-refractivity contribution is 0.293. The van der Waals surface area contributed by atoms with Crippen molar-refractivity contribution in [2.75, 3.05) is 7.11 Å². The van der Waals surface area contributed by atoms with Crippen molar-refractivity contribution >= 4 is 11.0 Å². The van der Waals surface area contributed by atoms with Gasteiger partial charge in [-0.1, -0.05) is 0 Å². The van der Waals surface area contributed by atoms with Gasteiger partial charge >= 0.3 is 0 Å². The molecule has 0 aliphatic rings. The summed E-state index contributed by atoms with van der Waals surface area (Å²) in [5.41, 5.74) is 1.60. The molecule has 0 amide bonds. The van der Waals surface area contributed by atoms with Crippen molar-refractivity contribution in [1.82, 2.24) is 15.0 Å². The molecule has 5 nitrogen and oxygen atoms in total. The molecular formula is C15H13N3O2. The highest BCUT2D eigenvalue weighted by Crippen LogP contribution is 2.20. The number of pyridine rings is 3. The third kappa shape index (κ3) is 2.51. The largest absolute Gasteiger partial charge is 0.487 e. The van der Waals surface area contributed by atoms with E-state index in [0.29, 0.717) is 23.9 Å². The van der Waals surface area contributed by atoms with Gasteiger partial charge in [0, 0.05) is 17.8 Å². The fraction of sp³-hybridized carbons (Fsp3) is 0.133. The van der Waals surface area contributed by atoms with E-state index < -0.39 is 0 Å². The zero-order chi connectivity index (χ0) is 13.8. The van der Waals surface area contributed by atoms with Crippen molar-refractivity contribution in [1.29, 1.82) is 0 Å². The van der Waals surface area contributed by atoms with E-state index in [-0.39, 0.29) is 0 Å². The first kappa shape index (κ1) is 12.3. The SMILES string of the molecule is COc1ncccc1COc1cnc2ncccc2c1. The Labute approximate surface area is 116 Å². The normalized spacial score (nSPS) is 10.4. The molecule has 5 heteroatoms. The van der Waals surface area contributed by atoms with Crippen LogP contribution in [-0.4, -0.2) is 22.1 Å². The summed E-state index contributed by atoms with van der Waals surface area (Å²) in [6.07, 6.45) is 5.07. The van der Waals surface area contributed by atoms with Crippen LogP contribution in [0.2, 0.25) is 0 Å². The predicted molar refractivity (Wildman–Crippen MR) is 74.7 cm³/mol. The van der Waals surface area contributed by atoms with Crippen LogP contribution in [0, 0.1) is 0 Å². The van der Waals surface area contributed by atoms with Crippen molar-refractivity contribution in [2.24, 2.45) is 0 Å². The van der Waals surface area contributed by atoms with Gasteiger partial charge in [-0.2, -0.15) is 0 Å². The standard InChI is InChI=1S/C15H13N3O2/c1-19-15-12(5-3-7-17-15)10-20-13-8-11-4-2-6-16-14(11)18-9-13/h2-9H,10H2,1H3. The molecule has 20 heavy (non-hydrogen) atoms. The molecule has 3 heterocycles. The maximum Gasteiger partial charge on any atom is 0.219 e. The minimum Gasteiger partial charge on any atom is -0.487 e. The Kier molecular flexibility index (Phi) is 3.41. The van der Waals surface area contributed by atoms with Crippen LogP contribution in [0.4, 0.5) is 0 Å². The van der Waals surface area contributed by atoms with Crippen LogP contribution in [0.15, 0.2) is 48.9 Å². The average Bonchev–Trinajstić information content (AvgIpc) is 2.53. The van der Waals surface area contributed by atoms with Crippen molar-refractivity contribution in [3.8, 4) is 11.6 Å². The van der Waals surface area contributed by atoms with Gasteiger partial charge in [-0.05, 0) is 30.3 Å². The van der Waals surface area contributed by atoms with E-state index in [0.717, 1.165) is 10.9 Å². The lowest BCUT2D eigenvalue weighted by Crippen LogP contribution is -2.00. The number of methoxy groups -OCH3 is 1. The van der Waals surface area contributed by atoms with Crippen LogP contribution in [0.5, 0.6) is 11.6 Å². The Morgan fingerprint density at radius 2 is 1.90 bits per heavy atom. The third-order valence-corrected chi connectivity index (χ3v) is 2.87. The highest BCUT2D eigenvalue weighted by Gasteiger charge is 2.05. The van der Waals surface area contributed by atoms with E-state index >= 15 is 0 Å². The molecule has 0 N–H and O–H groups in total. The van der Waals surface area contributed by atoms with Crippen molar-refractivity contribution in [2.45, 2.75) is 6.61 Å². The molecule has 0 aliphatic carbocycles. The summed E-state index contributed by atoms with van der Waals surface area (Å²) in [5, 5.41) is 0.947. The van der Waals surface area contributed by atoms with Gasteiger partial charge in [0.2, 0.25) is 5.88 Å².